The number of rotatable bonds is 5. The van der Waals surface area contributed by atoms with E-state index in [0.29, 0.717) is 5.69 Å². The van der Waals surface area contributed by atoms with Gasteiger partial charge in [0.05, 0.1) is 0 Å². The molecule has 0 spiro atoms. The molecule has 0 saturated carbocycles. The Morgan fingerprint density at radius 1 is 1.50 bits per heavy atom. The van der Waals surface area contributed by atoms with Gasteiger partial charge in [-0.15, -0.1) is 0 Å². The van der Waals surface area contributed by atoms with Gasteiger partial charge in [-0.1, -0.05) is 0 Å². The minimum absolute atomic E-state index is 0.0123. The molecule has 6 heteroatoms. The number of nitrogens with two attached hydrogens (primary N) is 1. The Morgan fingerprint density at radius 3 is 2.78 bits per heavy atom. The second-order valence-electron chi connectivity index (χ2n) is 4.66. The molecule has 0 aliphatic heterocycles. The fourth-order valence-corrected chi connectivity index (χ4v) is 1.74. The average molecular weight is 252 g/mol. The number of pyridine rings is 1. The molecule has 1 rings (SSSR count). The molecule has 1 unspecified atom stereocenters. The van der Waals surface area contributed by atoms with E-state index in [0.717, 1.165) is 6.54 Å². The minimum atomic E-state index is -0.236. The number of carbonyl (C=O) groups excluding carboxylic acids is 1. The monoisotopic (exact) mass is 252 g/mol. The van der Waals surface area contributed by atoms with Gasteiger partial charge in [0, 0.05) is 30.5 Å². The van der Waals surface area contributed by atoms with E-state index in [-0.39, 0.29) is 24.1 Å². The van der Waals surface area contributed by atoms with Crippen LogP contribution in [0.25, 0.3) is 0 Å². The first-order valence-electron chi connectivity index (χ1n) is 5.78. The fraction of sp³-hybridized carbons (Fsp3) is 0.500. The van der Waals surface area contributed by atoms with Crippen LogP contribution in [0.4, 0.5) is 5.69 Å². The number of aromatic nitrogens is 1. The molecule has 0 aromatic carbocycles. The summed E-state index contributed by atoms with van der Waals surface area (Å²) in [7, 11) is 3.87. The number of nitrogens with one attached hydrogen (secondary N) is 1. The largest absolute Gasteiger partial charge is 0.398 e. The number of nitrogen functional groups attached to an aromatic ring is 1. The van der Waals surface area contributed by atoms with Gasteiger partial charge in [-0.2, -0.15) is 0 Å². The zero-order valence-electron chi connectivity index (χ0n) is 11.0. The maximum Gasteiger partial charge on any atom is 0.251 e. The summed E-state index contributed by atoms with van der Waals surface area (Å²) in [6.07, 6.45) is 1.47. The van der Waals surface area contributed by atoms with Crippen molar-refractivity contribution in [3.05, 3.63) is 28.7 Å². The Bertz CT molecular complexity index is 467. The number of carbonyl (C=O) groups is 1. The lowest BCUT2D eigenvalue weighted by molar-refractivity contribution is -0.122. The Hall–Kier alpha value is -1.82. The molecule has 1 amide bonds. The molecular weight excluding hydrogens is 232 g/mol. The van der Waals surface area contributed by atoms with Crippen molar-refractivity contribution in [2.45, 2.75) is 19.5 Å². The summed E-state index contributed by atoms with van der Waals surface area (Å²) in [4.78, 5) is 25.2. The van der Waals surface area contributed by atoms with E-state index >= 15 is 0 Å². The Labute approximate surface area is 106 Å². The number of hydrogen-bond donors (Lipinski definition) is 2. The number of anilines is 1. The summed E-state index contributed by atoms with van der Waals surface area (Å²) in [5, 5.41) is 2.83. The minimum Gasteiger partial charge on any atom is -0.398 e. The van der Waals surface area contributed by atoms with Crippen molar-refractivity contribution in [2.75, 3.05) is 26.4 Å². The molecule has 0 fully saturated rings. The van der Waals surface area contributed by atoms with Gasteiger partial charge in [-0.25, -0.2) is 0 Å². The van der Waals surface area contributed by atoms with Gasteiger partial charge < -0.3 is 20.5 Å². The zero-order chi connectivity index (χ0) is 13.7. The van der Waals surface area contributed by atoms with Crippen molar-refractivity contribution in [1.29, 1.82) is 0 Å². The summed E-state index contributed by atoms with van der Waals surface area (Å²) < 4.78 is 1.30. The number of hydrogen-bond acceptors (Lipinski definition) is 4. The SMILES string of the molecule is CC(CN(C)C)NC(=O)Cn1cc(N)ccc1=O. The third-order valence-corrected chi connectivity index (χ3v) is 2.37. The molecule has 1 heterocycles. The molecule has 0 radical (unpaired) electrons. The van der Waals surface area contributed by atoms with Gasteiger partial charge >= 0.3 is 0 Å². The highest BCUT2D eigenvalue weighted by Crippen LogP contribution is 1.95. The third-order valence-electron chi connectivity index (χ3n) is 2.37. The lowest BCUT2D eigenvalue weighted by Crippen LogP contribution is -2.42. The molecule has 1 aromatic rings. The number of nitrogens with zero attached hydrogens (tertiary/aromatic N) is 2. The molecule has 0 saturated heterocycles. The first-order chi connectivity index (χ1) is 8.38. The Morgan fingerprint density at radius 2 is 2.17 bits per heavy atom. The van der Waals surface area contributed by atoms with Crippen LogP contribution in [0.3, 0.4) is 0 Å². The average Bonchev–Trinajstić information content (AvgIpc) is 2.21. The molecule has 0 aliphatic rings. The van der Waals surface area contributed by atoms with Crippen molar-refractivity contribution in [1.82, 2.24) is 14.8 Å². The van der Waals surface area contributed by atoms with Crippen molar-refractivity contribution in [2.24, 2.45) is 0 Å². The highest BCUT2D eigenvalue weighted by molar-refractivity contribution is 5.76. The summed E-state index contributed by atoms with van der Waals surface area (Å²) in [5.41, 5.74) is 5.80. The van der Waals surface area contributed by atoms with Crippen LogP contribution in [0.2, 0.25) is 0 Å². The first kappa shape index (κ1) is 14.2. The molecule has 0 aliphatic carbocycles. The van der Waals surface area contributed by atoms with Crippen LogP contribution in [-0.4, -0.2) is 42.1 Å². The summed E-state index contributed by atoms with van der Waals surface area (Å²) in [6, 6.07) is 2.90. The number of likely N-dealkylation sites (N-methyl/N-ethyl adjacent to an activating group) is 1. The lowest BCUT2D eigenvalue weighted by Gasteiger charge is -2.18. The predicted molar refractivity (Wildman–Crippen MR) is 71.3 cm³/mol. The lowest BCUT2D eigenvalue weighted by atomic mass is 10.3. The predicted octanol–water partition coefficient (Wildman–Crippen LogP) is -0.503. The molecule has 6 nitrogen and oxygen atoms in total. The van der Waals surface area contributed by atoms with E-state index in [9.17, 15) is 9.59 Å². The first-order valence-corrected chi connectivity index (χ1v) is 5.78. The Balaban J connectivity index is 2.59. The molecule has 0 bridgehead atoms. The maximum atomic E-state index is 11.7. The van der Waals surface area contributed by atoms with Crippen molar-refractivity contribution >= 4 is 11.6 Å². The fourth-order valence-electron chi connectivity index (χ4n) is 1.74. The molecule has 3 N–H and O–H groups in total. The zero-order valence-corrected chi connectivity index (χ0v) is 11.0. The summed E-state index contributed by atoms with van der Waals surface area (Å²) in [6.45, 7) is 2.65. The highest BCUT2D eigenvalue weighted by atomic mass is 16.2. The molecule has 1 aromatic heterocycles. The molecule has 1 atom stereocenters. The van der Waals surface area contributed by atoms with E-state index in [1.54, 1.807) is 0 Å². The number of amides is 1. The van der Waals surface area contributed by atoms with Crippen molar-refractivity contribution in [3.63, 3.8) is 0 Å². The quantitative estimate of drug-likeness (QED) is 0.740. The van der Waals surface area contributed by atoms with Gasteiger partial charge in [0.1, 0.15) is 6.54 Å². The van der Waals surface area contributed by atoms with Gasteiger partial charge in [-0.3, -0.25) is 9.59 Å². The summed E-state index contributed by atoms with van der Waals surface area (Å²) in [5.74, 6) is -0.197. The van der Waals surface area contributed by atoms with Crippen LogP contribution >= 0.6 is 0 Å². The Kier molecular flexibility index (Phi) is 4.91. The molecule has 100 valence electrons. The summed E-state index contributed by atoms with van der Waals surface area (Å²) >= 11 is 0. The standard InChI is InChI=1S/C12H20N4O2/c1-9(6-15(2)3)14-11(17)8-16-7-10(13)4-5-12(16)18/h4-5,7,9H,6,8,13H2,1-3H3,(H,14,17). The van der Waals surface area contributed by atoms with Crippen LogP contribution in [0.1, 0.15) is 6.92 Å². The van der Waals surface area contributed by atoms with Crippen LogP contribution in [0, 0.1) is 0 Å². The second kappa shape index (κ2) is 6.20. The van der Waals surface area contributed by atoms with Gasteiger partial charge in [0.25, 0.3) is 5.56 Å². The topological polar surface area (TPSA) is 80.4 Å². The van der Waals surface area contributed by atoms with E-state index in [1.165, 1.54) is 22.9 Å². The van der Waals surface area contributed by atoms with Gasteiger partial charge in [0.2, 0.25) is 5.91 Å². The van der Waals surface area contributed by atoms with Crippen LogP contribution < -0.4 is 16.6 Å². The van der Waals surface area contributed by atoms with Crippen LogP contribution in [-0.2, 0) is 11.3 Å². The van der Waals surface area contributed by atoms with Crippen LogP contribution in [0.5, 0.6) is 0 Å². The smallest absolute Gasteiger partial charge is 0.251 e. The molecule has 18 heavy (non-hydrogen) atoms. The van der Waals surface area contributed by atoms with Crippen molar-refractivity contribution in [3.8, 4) is 0 Å². The van der Waals surface area contributed by atoms with Gasteiger partial charge in [0.15, 0.2) is 0 Å². The van der Waals surface area contributed by atoms with E-state index < -0.39 is 0 Å². The molecular formula is C12H20N4O2. The van der Waals surface area contributed by atoms with E-state index in [2.05, 4.69) is 5.32 Å². The van der Waals surface area contributed by atoms with Crippen molar-refractivity contribution < 1.29 is 4.79 Å². The maximum absolute atomic E-state index is 11.7. The van der Waals surface area contributed by atoms with Gasteiger partial charge in [-0.05, 0) is 27.1 Å². The highest BCUT2D eigenvalue weighted by Gasteiger charge is 2.09. The third kappa shape index (κ3) is 4.58. The van der Waals surface area contributed by atoms with E-state index in [1.807, 2.05) is 25.9 Å². The van der Waals surface area contributed by atoms with E-state index in [4.69, 9.17) is 5.73 Å². The second-order valence-corrected chi connectivity index (χ2v) is 4.66. The van der Waals surface area contributed by atoms with Crippen LogP contribution in [0.15, 0.2) is 23.1 Å². The normalized spacial score (nSPS) is 12.4.